The average molecular weight is 304 g/mol. The van der Waals surface area contributed by atoms with Crippen molar-refractivity contribution in [2.45, 2.75) is 19.5 Å². The lowest BCUT2D eigenvalue weighted by Crippen LogP contribution is -2.34. The second kappa shape index (κ2) is 5.66. The number of alkyl halides is 3. The third-order valence-electron chi connectivity index (χ3n) is 2.44. The Balaban J connectivity index is 2.01. The Labute approximate surface area is 116 Å². The largest absolute Gasteiger partial charge is 0.440 e. The van der Waals surface area contributed by atoms with Crippen LogP contribution in [0, 0.1) is 6.92 Å². The fraction of sp³-hybridized carbons (Fsp3) is 0.333. The van der Waals surface area contributed by atoms with Gasteiger partial charge in [-0.15, -0.1) is 11.3 Å². The maximum absolute atomic E-state index is 12.0. The standard InChI is InChI=1S/C12H11F3N2O2S/c1-7-8(5-10(18)16-6-12(13,14)15)17-11(19-7)9-3-2-4-20-9/h2-4H,5-6H2,1H3,(H,16,18). The molecule has 2 aromatic rings. The Hall–Kier alpha value is -1.83. The van der Waals surface area contributed by atoms with Gasteiger partial charge in [-0.2, -0.15) is 13.2 Å². The lowest BCUT2D eigenvalue weighted by molar-refractivity contribution is -0.138. The van der Waals surface area contributed by atoms with Gasteiger partial charge in [0, 0.05) is 0 Å². The predicted octanol–water partition coefficient (Wildman–Crippen LogP) is 2.93. The van der Waals surface area contributed by atoms with E-state index in [0.29, 0.717) is 17.3 Å². The zero-order valence-corrected chi connectivity index (χ0v) is 11.3. The number of thiophene rings is 1. The number of hydrogen-bond donors (Lipinski definition) is 1. The van der Waals surface area contributed by atoms with Crippen LogP contribution in [0.15, 0.2) is 21.9 Å². The van der Waals surface area contributed by atoms with Crippen LogP contribution in [0.5, 0.6) is 0 Å². The van der Waals surface area contributed by atoms with Crippen molar-refractivity contribution in [2.24, 2.45) is 0 Å². The summed E-state index contributed by atoms with van der Waals surface area (Å²) in [7, 11) is 0. The summed E-state index contributed by atoms with van der Waals surface area (Å²) in [4.78, 5) is 16.4. The normalized spacial score (nSPS) is 11.6. The number of halogens is 3. The third kappa shape index (κ3) is 3.83. The Morgan fingerprint density at radius 1 is 1.50 bits per heavy atom. The highest BCUT2D eigenvalue weighted by Gasteiger charge is 2.28. The molecule has 1 amide bonds. The van der Waals surface area contributed by atoms with Gasteiger partial charge >= 0.3 is 6.18 Å². The van der Waals surface area contributed by atoms with Gasteiger partial charge in [0.1, 0.15) is 12.3 Å². The molecule has 0 aromatic carbocycles. The van der Waals surface area contributed by atoms with Crippen LogP contribution in [0.4, 0.5) is 13.2 Å². The molecule has 0 radical (unpaired) electrons. The first kappa shape index (κ1) is 14.6. The molecule has 108 valence electrons. The molecule has 1 N–H and O–H groups in total. The van der Waals surface area contributed by atoms with Crippen molar-refractivity contribution in [1.29, 1.82) is 0 Å². The molecule has 0 atom stereocenters. The molecule has 0 aliphatic rings. The number of oxazole rings is 1. The number of aryl methyl sites for hydroxylation is 1. The van der Waals surface area contributed by atoms with Gasteiger partial charge < -0.3 is 9.73 Å². The number of carbonyl (C=O) groups is 1. The summed E-state index contributed by atoms with van der Waals surface area (Å²) < 4.78 is 41.3. The van der Waals surface area contributed by atoms with E-state index in [9.17, 15) is 18.0 Å². The summed E-state index contributed by atoms with van der Waals surface area (Å²) in [6.45, 7) is 0.275. The van der Waals surface area contributed by atoms with Gasteiger partial charge in [-0.25, -0.2) is 4.98 Å². The van der Waals surface area contributed by atoms with E-state index in [1.54, 1.807) is 12.2 Å². The second-order valence-corrected chi connectivity index (χ2v) is 5.02. The molecule has 0 saturated carbocycles. The van der Waals surface area contributed by atoms with Crippen molar-refractivity contribution in [3.63, 3.8) is 0 Å². The van der Waals surface area contributed by atoms with E-state index in [1.807, 2.05) is 17.5 Å². The van der Waals surface area contributed by atoms with Crippen molar-refractivity contribution >= 4 is 17.2 Å². The number of amides is 1. The molecule has 4 nitrogen and oxygen atoms in total. The molecule has 0 spiro atoms. The Morgan fingerprint density at radius 2 is 2.25 bits per heavy atom. The molecule has 2 heterocycles. The van der Waals surface area contributed by atoms with Gasteiger partial charge in [0.2, 0.25) is 11.8 Å². The minimum Gasteiger partial charge on any atom is -0.440 e. The van der Waals surface area contributed by atoms with Crippen LogP contribution in [0.25, 0.3) is 10.8 Å². The van der Waals surface area contributed by atoms with Crippen LogP contribution in [0.1, 0.15) is 11.5 Å². The van der Waals surface area contributed by atoms with Crippen molar-refractivity contribution in [1.82, 2.24) is 10.3 Å². The van der Waals surface area contributed by atoms with Crippen LogP contribution < -0.4 is 5.32 Å². The quantitative estimate of drug-likeness (QED) is 0.945. The van der Waals surface area contributed by atoms with Gasteiger partial charge in [0.15, 0.2) is 0 Å². The zero-order valence-electron chi connectivity index (χ0n) is 10.5. The van der Waals surface area contributed by atoms with E-state index in [2.05, 4.69) is 4.98 Å². The number of carbonyl (C=O) groups excluding carboxylic acids is 1. The molecule has 0 aliphatic carbocycles. The minimum absolute atomic E-state index is 0.239. The molecule has 0 unspecified atom stereocenters. The fourth-order valence-corrected chi connectivity index (χ4v) is 2.16. The van der Waals surface area contributed by atoms with Gasteiger partial charge in [0.05, 0.1) is 17.0 Å². The topological polar surface area (TPSA) is 55.1 Å². The Kier molecular flexibility index (Phi) is 4.12. The summed E-state index contributed by atoms with van der Waals surface area (Å²) in [5.41, 5.74) is 0.341. The lowest BCUT2D eigenvalue weighted by Gasteiger charge is -2.07. The van der Waals surface area contributed by atoms with E-state index in [4.69, 9.17) is 4.42 Å². The molecule has 2 aromatic heterocycles. The first-order valence-corrected chi connectivity index (χ1v) is 6.57. The van der Waals surface area contributed by atoms with Gasteiger partial charge in [-0.3, -0.25) is 4.79 Å². The van der Waals surface area contributed by atoms with Gasteiger partial charge in [0.25, 0.3) is 0 Å². The SMILES string of the molecule is Cc1oc(-c2cccs2)nc1CC(=O)NCC(F)(F)F. The number of aromatic nitrogens is 1. The molecule has 20 heavy (non-hydrogen) atoms. The summed E-state index contributed by atoms with van der Waals surface area (Å²) in [5, 5.41) is 3.65. The smallest absolute Gasteiger partial charge is 0.405 e. The van der Waals surface area contributed by atoms with Crippen molar-refractivity contribution < 1.29 is 22.4 Å². The van der Waals surface area contributed by atoms with E-state index in [0.717, 1.165) is 4.88 Å². The van der Waals surface area contributed by atoms with E-state index in [1.165, 1.54) is 11.3 Å². The van der Waals surface area contributed by atoms with Crippen LogP contribution in [-0.4, -0.2) is 23.6 Å². The van der Waals surface area contributed by atoms with Crippen molar-refractivity contribution in [3.8, 4) is 10.8 Å². The molecule has 0 aliphatic heterocycles. The molecule has 2 rings (SSSR count). The molecule has 8 heteroatoms. The maximum Gasteiger partial charge on any atom is 0.405 e. The summed E-state index contributed by atoms with van der Waals surface area (Å²) >= 11 is 1.43. The third-order valence-corrected chi connectivity index (χ3v) is 3.30. The highest BCUT2D eigenvalue weighted by molar-refractivity contribution is 7.13. The van der Waals surface area contributed by atoms with Crippen LogP contribution in [0.3, 0.4) is 0 Å². The fourth-order valence-electron chi connectivity index (χ4n) is 1.51. The highest BCUT2D eigenvalue weighted by Crippen LogP contribution is 2.26. The number of rotatable bonds is 4. The van der Waals surface area contributed by atoms with E-state index >= 15 is 0 Å². The molecular weight excluding hydrogens is 293 g/mol. The molecule has 0 bridgehead atoms. The van der Waals surface area contributed by atoms with Crippen molar-refractivity contribution in [3.05, 3.63) is 29.0 Å². The van der Waals surface area contributed by atoms with E-state index in [-0.39, 0.29) is 6.42 Å². The monoisotopic (exact) mass is 304 g/mol. The maximum atomic E-state index is 12.0. The number of nitrogens with zero attached hydrogens (tertiary/aromatic N) is 1. The van der Waals surface area contributed by atoms with Gasteiger partial charge in [-0.05, 0) is 18.4 Å². The second-order valence-electron chi connectivity index (χ2n) is 4.07. The molecule has 0 saturated heterocycles. The molecule has 0 fully saturated rings. The summed E-state index contributed by atoms with van der Waals surface area (Å²) in [5.74, 6) is 0.0585. The highest BCUT2D eigenvalue weighted by atomic mass is 32.1. The van der Waals surface area contributed by atoms with Crippen LogP contribution in [0.2, 0.25) is 0 Å². The number of nitrogens with one attached hydrogen (secondary N) is 1. The lowest BCUT2D eigenvalue weighted by atomic mass is 10.2. The predicted molar refractivity (Wildman–Crippen MR) is 67.3 cm³/mol. The summed E-state index contributed by atoms with van der Waals surface area (Å²) in [6.07, 6.45) is -4.66. The first-order chi connectivity index (χ1) is 9.35. The van der Waals surface area contributed by atoms with Gasteiger partial charge in [-0.1, -0.05) is 6.07 Å². The zero-order chi connectivity index (χ0) is 14.8. The Bertz CT molecular complexity index is 590. The van der Waals surface area contributed by atoms with Crippen LogP contribution in [-0.2, 0) is 11.2 Å². The first-order valence-electron chi connectivity index (χ1n) is 5.69. The van der Waals surface area contributed by atoms with E-state index < -0.39 is 18.6 Å². The number of hydrogen-bond acceptors (Lipinski definition) is 4. The average Bonchev–Trinajstić information content (AvgIpc) is 2.96. The minimum atomic E-state index is -4.42. The molecular formula is C12H11F3N2O2S. The van der Waals surface area contributed by atoms with Crippen LogP contribution >= 0.6 is 11.3 Å². The van der Waals surface area contributed by atoms with Crippen molar-refractivity contribution in [2.75, 3.05) is 6.54 Å². The Morgan fingerprint density at radius 3 is 2.85 bits per heavy atom. The summed E-state index contributed by atoms with van der Waals surface area (Å²) in [6, 6.07) is 3.64.